The van der Waals surface area contributed by atoms with Crippen LogP contribution in [-0.4, -0.2) is 31.1 Å². The molecule has 6 nitrogen and oxygen atoms in total. The van der Waals surface area contributed by atoms with Crippen LogP contribution in [0, 0.1) is 19.7 Å². The van der Waals surface area contributed by atoms with Gasteiger partial charge < -0.3 is 14.8 Å². The predicted octanol–water partition coefficient (Wildman–Crippen LogP) is 4.13. The van der Waals surface area contributed by atoms with Crippen molar-refractivity contribution < 1.29 is 28.2 Å². The molecule has 0 bridgehead atoms. The summed E-state index contributed by atoms with van der Waals surface area (Å²) >= 11 is 7.01. The van der Waals surface area contributed by atoms with Gasteiger partial charge in [0.2, 0.25) is 0 Å². The van der Waals surface area contributed by atoms with Gasteiger partial charge in [-0.15, -0.1) is 11.3 Å². The third-order valence-corrected chi connectivity index (χ3v) is 5.04. The highest BCUT2D eigenvalue weighted by atomic mass is 35.5. The summed E-state index contributed by atoms with van der Waals surface area (Å²) in [5.74, 6) is -2.62. The molecule has 1 heterocycles. The Morgan fingerprint density at radius 2 is 1.89 bits per heavy atom. The Labute approximate surface area is 164 Å². The topological polar surface area (TPSA) is 81.7 Å². The van der Waals surface area contributed by atoms with E-state index in [1.807, 2.05) is 6.92 Å². The lowest BCUT2D eigenvalue weighted by Gasteiger charge is -2.08. The monoisotopic (exact) mass is 413 g/mol. The van der Waals surface area contributed by atoms with Gasteiger partial charge in [-0.1, -0.05) is 11.6 Å². The van der Waals surface area contributed by atoms with Gasteiger partial charge in [-0.05, 0) is 44.5 Å². The molecule has 9 heteroatoms. The second-order valence-corrected chi connectivity index (χ2v) is 7.09. The number of esters is 2. The van der Waals surface area contributed by atoms with Gasteiger partial charge in [0.05, 0.1) is 22.8 Å². The number of ether oxygens (including phenoxy) is 2. The Balaban J connectivity index is 2.05. The van der Waals surface area contributed by atoms with Crippen molar-refractivity contribution >= 4 is 45.8 Å². The van der Waals surface area contributed by atoms with Gasteiger partial charge in [0.15, 0.2) is 6.61 Å². The number of carbonyl (C=O) groups excluding carboxylic acids is 3. The number of anilines is 1. The Hall–Kier alpha value is -2.45. The normalized spacial score (nSPS) is 10.4. The number of aryl methyl sites for hydroxylation is 1. The number of thiophene rings is 1. The third-order valence-electron chi connectivity index (χ3n) is 3.60. The molecule has 1 amide bonds. The standard InChI is InChI=1S/C18H17ClFNO5S/c1-4-25-18(24)15-9(2)10(3)27-16(15)21-14(22)8-26-17(23)12-6-5-11(20)7-13(12)19/h5-7H,4,8H2,1-3H3,(H,21,22). The minimum Gasteiger partial charge on any atom is -0.462 e. The lowest BCUT2D eigenvalue weighted by atomic mass is 10.1. The second kappa shape index (κ2) is 8.96. The molecule has 2 aromatic rings. The zero-order valence-electron chi connectivity index (χ0n) is 14.9. The fourth-order valence-electron chi connectivity index (χ4n) is 2.19. The Kier molecular flexibility index (Phi) is 6.92. The molecule has 1 aromatic carbocycles. The van der Waals surface area contributed by atoms with E-state index in [2.05, 4.69) is 5.32 Å². The molecule has 0 spiro atoms. The van der Waals surface area contributed by atoms with Crippen molar-refractivity contribution in [1.29, 1.82) is 0 Å². The first-order chi connectivity index (χ1) is 12.7. The van der Waals surface area contributed by atoms with Crippen molar-refractivity contribution in [3.8, 4) is 0 Å². The fraction of sp³-hybridized carbons (Fsp3) is 0.278. The summed E-state index contributed by atoms with van der Waals surface area (Å²) in [5.41, 5.74) is 0.935. The third kappa shape index (κ3) is 5.05. The molecule has 0 radical (unpaired) electrons. The second-order valence-electron chi connectivity index (χ2n) is 5.46. The molecule has 0 saturated carbocycles. The van der Waals surface area contributed by atoms with E-state index in [1.54, 1.807) is 13.8 Å². The van der Waals surface area contributed by atoms with Gasteiger partial charge in [0.1, 0.15) is 10.8 Å². The van der Waals surface area contributed by atoms with E-state index in [1.165, 1.54) is 17.4 Å². The van der Waals surface area contributed by atoms with Crippen molar-refractivity contribution in [3.05, 3.63) is 50.6 Å². The molecule has 0 saturated heterocycles. The van der Waals surface area contributed by atoms with E-state index in [-0.39, 0.29) is 22.8 Å². The highest BCUT2D eigenvalue weighted by Crippen LogP contribution is 2.33. The van der Waals surface area contributed by atoms with Crippen molar-refractivity contribution in [3.63, 3.8) is 0 Å². The van der Waals surface area contributed by atoms with Crippen LogP contribution >= 0.6 is 22.9 Å². The Morgan fingerprint density at radius 3 is 2.52 bits per heavy atom. The number of benzene rings is 1. The Bertz CT molecular complexity index is 896. The SMILES string of the molecule is CCOC(=O)c1c(NC(=O)COC(=O)c2ccc(F)cc2Cl)sc(C)c1C. The minimum absolute atomic E-state index is 0.0547. The van der Waals surface area contributed by atoms with E-state index in [9.17, 15) is 18.8 Å². The maximum Gasteiger partial charge on any atom is 0.341 e. The zero-order valence-corrected chi connectivity index (χ0v) is 16.4. The minimum atomic E-state index is -0.862. The van der Waals surface area contributed by atoms with Crippen LogP contribution in [0.3, 0.4) is 0 Å². The summed E-state index contributed by atoms with van der Waals surface area (Å²) in [6.45, 7) is 4.87. The molecular formula is C18H17ClFNO5S. The van der Waals surface area contributed by atoms with Crippen LogP contribution in [0.2, 0.25) is 5.02 Å². The summed E-state index contributed by atoms with van der Waals surface area (Å²) in [7, 11) is 0. The predicted molar refractivity (Wildman–Crippen MR) is 100 cm³/mol. The molecular weight excluding hydrogens is 397 g/mol. The van der Waals surface area contributed by atoms with E-state index < -0.39 is 30.3 Å². The number of amides is 1. The molecule has 1 N–H and O–H groups in total. The summed E-state index contributed by atoms with van der Waals surface area (Å²) in [5, 5.41) is 2.76. The lowest BCUT2D eigenvalue weighted by molar-refractivity contribution is -0.119. The van der Waals surface area contributed by atoms with Crippen LogP contribution in [0.1, 0.15) is 38.1 Å². The maximum atomic E-state index is 13.0. The molecule has 144 valence electrons. The number of hydrogen-bond donors (Lipinski definition) is 1. The van der Waals surface area contributed by atoms with Gasteiger partial charge in [0, 0.05) is 4.88 Å². The summed E-state index contributed by atoms with van der Waals surface area (Å²) < 4.78 is 22.9. The van der Waals surface area contributed by atoms with Crippen LogP contribution in [0.5, 0.6) is 0 Å². The van der Waals surface area contributed by atoms with Crippen molar-refractivity contribution in [2.75, 3.05) is 18.5 Å². The molecule has 27 heavy (non-hydrogen) atoms. The van der Waals surface area contributed by atoms with Crippen molar-refractivity contribution in [1.82, 2.24) is 0 Å². The van der Waals surface area contributed by atoms with E-state index >= 15 is 0 Å². The van der Waals surface area contributed by atoms with Gasteiger partial charge in [-0.25, -0.2) is 14.0 Å². The molecule has 2 rings (SSSR count). The fourth-order valence-corrected chi connectivity index (χ4v) is 3.50. The number of halogens is 2. The van der Waals surface area contributed by atoms with Crippen molar-refractivity contribution in [2.24, 2.45) is 0 Å². The van der Waals surface area contributed by atoms with Gasteiger partial charge >= 0.3 is 11.9 Å². The smallest absolute Gasteiger partial charge is 0.341 e. The van der Waals surface area contributed by atoms with Gasteiger partial charge in [0.25, 0.3) is 5.91 Å². The number of nitrogens with one attached hydrogen (secondary N) is 1. The van der Waals surface area contributed by atoms with Crippen LogP contribution < -0.4 is 5.32 Å². The van der Waals surface area contributed by atoms with E-state index in [0.717, 1.165) is 17.0 Å². The summed E-state index contributed by atoms with van der Waals surface area (Å²) in [4.78, 5) is 37.0. The number of rotatable bonds is 6. The maximum absolute atomic E-state index is 13.0. The highest BCUT2D eigenvalue weighted by molar-refractivity contribution is 7.16. The quantitative estimate of drug-likeness (QED) is 0.720. The number of hydrogen-bond acceptors (Lipinski definition) is 6. The first kappa shape index (κ1) is 20.9. The first-order valence-corrected chi connectivity index (χ1v) is 9.13. The molecule has 0 aliphatic heterocycles. The molecule has 0 aliphatic carbocycles. The average molecular weight is 414 g/mol. The number of carbonyl (C=O) groups is 3. The molecule has 0 atom stereocenters. The molecule has 0 fully saturated rings. The average Bonchev–Trinajstić information content (AvgIpc) is 2.86. The zero-order chi connectivity index (χ0) is 20.1. The highest BCUT2D eigenvalue weighted by Gasteiger charge is 2.22. The molecule has 0 unspecified atom stereocenters. The summed E-state index contributed by atoms with van der Waals surface area (Å²) in [6.07, 6.45) is 0. The van der Waals surface area contributed by atoms with E-state index in [0.29, 0.717) is 10.6 Å². The van der Waals surface area contributed by atoms with Crippen LogP contribution in [0.25, 0.3) is 0 Å². The van der Waals surface area contributed by atoms with Gasteiger partial charge in [-0.2, -0.15) is 0 Å². The molecule has 0 aliphatic rings. The van der Waals surface area contributed by atoms with Crippen LogP contribution in [0.15, 0.2) is 18.2 Å². The van der Waals surface area contributed by atoms with E-state index in [4.69, 9.17) is 21.1 Å². The lowest BCUT2D eigenvalue weighted by Crippen LogP contribution is -2.22. The van der Waals surface area contributed by atoms with Gasteiger partial charge in [-0.3, -0.25) is 4.79 Å². The van der Waals surface area contributed by atoms with Crippen LogP contribution in [-0.2, 0) is 14.3 Å². The molecule has 1 aromatic heterocycles. The Morgan fingerprint density at radius 1 is 1.19 bits per heavy atom. The summed E-state index contributed by atoms with van der Waals surface area (Å²) in [6, 6.07) is 3.20. The first-order valence-electron chi connectivity index (χ1n) is 7.93. The largest absolute Gasteiger partial charge is 0.462 e. The van der Waals surface area contributed by atoms with Crippen molar-refractivity contribution in [2.45, 2.75) is 20.8 Å². The van der Waals surface area contributed by atoms with Crippen LogP contribution in [0.4, 0.5) is 9.39 Å².